The van der Waals surface area contributed by atoms with Gasteiger partial charge in [-0.25, -0.2) is 4.79 Å². The minimum Gasteiger partial charge on any atom is -0.508 e. The van der Waals surface area contributed by atoms with E-state index in [1.807, 2.05) is 0 Å². The Balaban J connectivity index is 2.04. The Hall–Kier alpha value is -2.27. The molecule has 2 aromatic carbocycles. The van der Waals surface area contributed by atoms with E-state index in [1.165, 1.54) is 6.08 Å². The predicted molar refractivity (Wildman–Crippen MR) is 83.3 cm³/mol. The van der Waals surface area contributed by atoms with Gasteiger partial charge in [0, 0.05) is 6.08 Å². The van der Waals surface area contributed by atoms with Crippen molar-refractivity contribution in [1.29, 1.82) is 0 Å². The lowest BCUT2D eigenvalue weighted by Gasteiger charge is -2.09. The van der Waals surface area contributed by atoms with Gasteiger partial charge in [0.05, 0.1) is 4.47 Å². The second-order valence-corrected chi connectivity index (χ2v) is 5.17. The molecule has 0 atom stereocenters. The van der Waals surface area contributed by atoms with Crippen LogP contribution >= 0.6 is 15.9 Å². The molecule has 108 valence electrons. The number of carbonyl (C=O) groups is 1. The van der Waals surface area contributed by atoms with Gasteiger partial charge in [0.25, 0.3) is 0 Å². The molecule has 0 aliphatic heterocycles. The molecule has 0 heterocycles. The molecule has 0 aliphatic rings. The van der Waals surface area contributed by atoms with Gasteiger partial charge in [-0.1, -0.05) is 18.2 Å². The van der Waals surface area contributed by atoms with Crippen molar-refractivity contribution in [2.24, 2.45) is 0 Å². The fourth-order valence-corrected chi connectivity index (χ4v) is 2.17. The van der Waals surface area contributed by atoms with Crippen LogP contribution in [0, 0.1) is 0 Å². The van der Waals surface area contributed by atoms with E-state index in [4.69, 9.17) is 9.84 Å². The zero-order valence-corrected chi connectivity index (χ0v) is 12.6. The minimum atomic E-state index is -0.987. The summed E-state index contributed by atoms with van der Waals surface area (Å²) in [5.41, 5.74) is 1.70. The van der Waals surface area contributed by atoms with Crippen molar-refractivity contribution < 1.29 is 19.7 Å². The molecule has 0 bridgehead atoms. The van der Waals surface area contributed by atoms with E-state index in [1.54, 1.807) is 42.5 Å². The van der Waals surface area contributed by atoms with Gasteiger partial charge in [0.15, 0.2) is 0 Å². The van der Waals surface area contributed by atoms with E-state index in [-0.39, 0.29) is 5.75 Å². The summed E-state index contributed by atoms with van der Waals surface area (Å²) in [5.74, 6) is -0.108. The third-order valence-electron chi connectivity index (χ3n) is 2.70. The average molecular weight is 349 g/mol. The van der Waals surface area contributed by atoms with Gasteiger partial charge in [-0.15, -0.1) is 0 Å². The first-order chi connectivity index (χ1) is 10.0. The minimum absolute atomic E-state index is 0.217. The van der Waals surface area contributed by atoms with Crippen molar-refractivity contribution in [3.63, 3.8) is 0 Å². The maximum absolute atomic E-state index is 10.5. The van der Waals surface area contributed by atoms with Crippen LogP contribution in [0.5, 0.6) is 11.5 Å². The van der Waals surface area contributed by atoms with Gasteiger partial charge in [0.1, 0.15) is 18.1 Å². The summed E-state index contributed by atoms with van der Waals surface area (Å²) < 4.78 is 6.42. The van der Waals surface area contributed by atoms with E-state index >= 15 is 0 Å². The van der Waals surface area contributed by atoms with Crippen LogP contribution in [0.3, 0.4) is 0 Å². The maximum Gasteiger partial charge on any atom is 0.328 e. The Kier molecular flexibility index (Phi) is 5.00. The van der Waals surface area contributed by atoms with Gasteiger partial charge in [-0.3, -0.25) is 0 Å². The zero-order chi connectivity index (χ0) is 15.2. The number of aliphatic carboxylic acids is 1. The Labute approximate surface area is 130 Å². The van der Waals surface area contributed by atoms with Crippen LogP contribution in [0.15, 0.2) is 53.0 Å². The molecule has 0 aromatic heterocycles. The highest BCUT2D eigenvalue weighted by Gasteiger charge is 2.03. The first-order valence-corrected chi connectivity index (χ1v) is 6.95. The molecule has 2 aromatic rings. The lowest BCUT2D eigenvalue weighted by atomic mass is 10.2. The second-order valence-electron chi connectivity index (χ2n) is 4.32. The van der Waals surface area contributed by atoms with Crippen molar-refractivity contribution in [2.75, 3.05) is 0 Å². The fourth-order valence-electron chi connectivity index (χ4n) is 1.66. The first-order valence-electron chi connectivity index (χ1n) is 6.16. The highest BCUT2D eigenvalue weighted by atomic mass is 79.9. The van der Waals surface area contributed by atoms with Gasteiger partial charge < -0.3 is 14.9 Å². The molecule has 0 unspecified atom stereocenters. The number of rotatable bonds is 5. The largest absolute Gasteiger partial charge is 0.508 e. The maximum atomic E-state index is 10.5. The lowest BCUT2D eigenvalue weighted by molar-refractivity contribution is -0.131. The number of hydrogen-bond donors (Lipinski definition) is 2. The number of hydrogen-bond acceptors (Lipinski definition) is 3. The van der Waals surface area contributed by atoms with E-state index in [9.17, 15) is 9.90 Å². The molecule has 0 radical (unpaired) electrons. The Bertz CT molecular complexity index is 662. The smallest absolute Gasteiger partial charge is 0.328 e. The van der Waals surface area contributed by atoms with E-state index in [2.05, 4.69) is 15.9 Å². The highest BCUT2D eigenvalue weighted by Crippen LogP contribution is 2.27. The molecule has 0 saturated carbocycles. The van der Waals surface area contributed by atoms with Crippen molar-refractivity contribution in [3.8, 4) is 11.5 Å². The molecule has 0 fully saturated rings. The van der Waals surface area contributed by atoms with Crippen molar-refractivity contribution in [1.82, 2.24) is 0 Å². The van der Waals surface area contributed by atoms with Crippen molar-refractivity contribution >= 4 is 28.0 Å². The molecule has 4 nitrogen and oxygen atoms in total. The summed E-state index contributed by atoms with van der Waals surface area (Å²) in [6.07, 6.45) is 2.59. The molecular weight excluding hydrogens is 336 g/mol. The number of phenols is 1. The molecule has 0 amide bonds. The third-order valence-corrected chi connectivity index (χ3v) is 3.32. The lowest BCUT2D eigenvalue weighted by Crippen LogP contribution is -1.96. The van der Waals surface area contributed by atoms with Crippen molar-refractivity contribution in [3.05, 3.63) is 64.1 Å². The third kappa shape index (κ3) is 4.65. The Morgan fingerprint density at radius 3 is 2.52 bits per heavy atom. The first kappa shape index (κ1) is 15.1. The monoisotopic (exact) mass is 348 g/mol. The van der Waals surface area contributed by atoms with Gasteiger partial charge >= 0.3 is 5.97 Å². The summed E-state index contributed by atoms with van der Waals surface area (Å²) in [7, 11) is 0. The summed E-state index contributed by atoms with van der Waals surface area (Å²) in [5, 5.41) is 17.8. The van der Waals surface area contributed by atoms with Crippen LogP contribution in [0.4, 0.5) is 0 Å². The average Bonchev–Trinajstić information content (AvgIpc) is 2.46. The predicted octanol–water partition coefficient (Wildman–Crippen LogP) is 3.83. The number of halogens is 1. The van der Waals surface area contributed by atoms with Crippen LogP contribution in [0.1, 0.15) is 11.1 Å². The number of ether oxygens (including phenoxy) is 1. The van der Waals surface area contributed by atoms with E-state index in [0.29, 0.717) is 12.4 Å². The SMILES string of the molecule is O=C(O)/C=C/c1ccc(OCc2ccc(O)cc2)c(Br)c1. The normalized spacial score (nSPS) is 10.7. The number of carboxylic acid groups (broad SMARTS) is 1. The Morgan fingerprint density at radius 2 is 1.90 bits per heavy atom. The standard InChI is InChI=1S/C16H13BrO4/c17-14-9-11(4-8-16(19)20)3-7-15(14)21-10-12-1-5-13(18)6-2-12/h1-9,18H,10H2,(H,19,20)/b8-4+. The summed E-state index contributed by atoms with van der Waals surface area (Å²) >= 11 is 3.39. The molecule has 2 N–H and O–H groups in total. The summed E-state index contributed by atoms with van der Waals surface area (Å²) in [4.78, 5) is 10.5. The van der Waals surface area contributed by atoms with Crippen LogP contribution in [0.2, 0.25) is 0 Å². The van der Waals surface area contributed by atoms with E-state index in [0.717, 1.165) is 21.7 Å². The molecule has 0 aliphatic carbocycles. The van der Waals surface area contributed by atoms with Gasteiger partial charge in [-0.2, -0.15) is 0 Å². The van der Waals surface area contributed by atoms with E-state index < -0.39 is 5.97 Å². The zero-order valence-electron chi connectivity index (χ0n) is 11.0. The number of benzene rings is 2. The summed E-state index contributed by atoms with van der Waals surface area (Å²) in [6.45, 7) is 0.378. The fraction of sp³-hybridized carbons (Fsp3) is 0.0625. The van der Waals surface area contributed by atoms with Crippen LogP contribution in [0.25, 0.3) is 6.08 Å². The Morgan fingerprint density at radius 1 is 1.19 bits per heavy atom. The second kappa shape index (κ2) is 6.95. The van der Waals surface area contributed by atoms with Crippen LogP contribution in [-0.2, 0) is 11.4 Å². The molecular formula is C16H13BrO4. The van der Waals surface area contributed by atoms with Gasteiger partial charge in [0.2, 0.25) is 0 Å². The summed E-state index contributed by atoms with van der Waals surface area (Å²) in [6, 6.07) is 12.1. The quantitative estimate of drug-likeness (QED) is 0.805. The molecule has 21 heavy (non-hydrogen) atoms. The molecule has 5 heteroatoms. The van der Waals surface area contributed by atoms with Crippen LogP contribution < -0.4 is 4.74 Å². The molecule has 0 saturated heterocycles. The van der Waals surface area contributed by atoms with Crippen molar-refractivity contribution in [2.45, 2.75) is 6.61 Å². The molecule has 2 rings (SSSR count). The van der Waals surface area contributed by atoms with Gasteiger partial charge in [-0.05, 0) is 57.4 Å². The highest BCUT2D eigenvalue weighted by molar-refractivity contribution is 9.10. The molecule has 0 spiro atoms. The number of aromatic hydroxyl groups is 1. The number of carboxylic acids is 1. The number of phenolic OH excluding ortho intramolecular Hbond substituents is 1. The van der Waals surface area contributed by atoms with Crippen LogP contribution in [-0.4, -0.2) is 16.2 Å². The topological polar surface area (TPSA) is 66.8 Å².